The zero-order valence-corrected chi connectivity index (χ0v) is 17.0. The number of nitrogens with two attached hydrogens (primary N) is 1. The molecule has 2 aliphatic rings. The number of aromatic nitrogens is 5. The van der Waals surface area contributed by atoms with Gasteiger partial charge in [0.25, 0.3) is 5.56 Å². The molecule has 0 amide bonds. The van der Waals surface area contributed by atoms with Crippen LogP contribution in [0.15, 0.2) is 32.3 Å². The molecule has 0 radical (unpaired) electrons. The van der Waals surface area contributed by atoms with E-state index in [0.29, 0.717) is 11.2 Å². The number of carbonyl (C=O) groups excluding carboxylic acids is 1. The Kier molecular flexibility index (Phi) is 4.43. The van der Waals surface area contributed by atoms with E-state index in [1.165, 1.54) is 16.3 Å². The molecule has 29 heavy (non-hydrogen) atoms. The van der Waals surface area contributed by atoms with Gasteiger partial charge in [0.1, 0.15) is 11.4 Å². The van der Waals surface area contributed by atoms with E-state index in [9.17, 15) is 14.4 Å². The first-order valence-electron chi connectivity index (χ1n) is 9.33. The van der Waals surface area contributed by atoms with Crippen LogP contribution in [0.4, 0.5) is 5.82 Å². The Morgan fingerprint density at radius 1 is 1.21 bits per heavy atom. The Morgan fingerprint density at radius 3 is 2.59 bits per heavy atom. The molecule has 0 aliphatic heterocycles. The number of Topliss-reactive ketones (excluding diaryl/α,β-unsaturated/α-hetero) is 1. The topological polar surface area (TPSA) is 129 Å². The summed E-state index contributed by atoms with van der Waals surface area (Å²) in [6.45, 7) is 0. The largest absolute Gasteiger partial charge is 0.384 e. The van der Waals surface area contributed by atoms with Gasteiger partial charge in [0.05, 0.1) is 10.6 Å². The van der Waals surface area contributed by atoms with Crippen LogP contribution in [0.1, 0.15) is 48.1 Å². The van der Waals surface area contributed by atoms with Crippen LogP contribution in [0.25, 0.3) is 10.7 Å². The van der Waals surface area contributed by atoms with Gasteiger partial charge >= 0.3 is 5.69 Å². The molecule has 0 atom stereocenters. The van der Waals surface area contributed by atoms with Crippen molar-refractivity contribution in [2.75, 3.05) is 11.5 Å². The van der Waals surface area contributed by atoms with Gasteiger partial charge in [0.15, 0.2) is 16.8 Å². The highest BCUT2D eigenvalue weighted by Crippen LogP contribution is 2.42. The Balaban J connectivity index is 1.42. The molecule has 150 valence electrons. The number of ketones is 1. The van der Waals surface area contributed by atoms with Crippen molar-refractivity contribution >= 4 is 34.7 Å². The van der Waals surface area contributed by atoms with Gasteiger partial charge in [-0.3, -0.25) is 23.7 Å². The summed E-state index contributed by atoms with van der Waals surface area (Å²) in [5, 5.41) is 11.2. The zero-order valence-electron chi connectivity index (χ0n) is 15.3. The van der Waals surface area contributed by atoms with Gasteiger partial charge in [-0.25, -0.2) is 4.79 Å². The van der Waals surface area contributed by atoms with Crippen molar-refractivity contribution in [2.24, 2.45) is 0 Å². The van der Waals surface area contributed by atoms with Gasteiger partial charge < -0.3 is 5.73 Å². The van der Waals surface area contributed by atoms with E-state index in [0.717, 1.165) is 36.4 Å². The molecular formula is C18H18N6O3S2. The van der Waals surface area contributed by atoms with Crippen LogP contribution < -0.4 is 17.0 Å². The summed E-state index contributed by atoms with van der Waals surface area (Å²) in [5.41, 5.74) is 4.58. The molecule has 3 heterocycles. The fourth-order valence-corrected chi connectivity index (χ4v) is 4.93. The van der Waals surface area contributed by atoms with E-state index >= 15 is 0 Å². The highest BCUT2D eigenvalue weighted by molar-refractivity contribution is 7.99. The minimum Gasteiger partial charge on any atom is -0.384 e. The van der Waals surface area contributed by atoms with Crippen LogP contribution in [-0.2, 0) is 0 Å². The first kappa shape index (κ1) is 18.4. The Labute approximate surface area is 173 Å². The van der Waals surface area contributed by atoms with Crippen LogP contribution in [0.2, 0.25) is 0 Å². The van der Waals surface area contributed by atoms with Crippen LogP contribution in [0.3, 0.4) is 0 Å². The number of H-pyrrole nitrogens is 1. The van der Waals surface area contributed by atoms with Crippen molar-refractivity contribution < 1.29 is 4.79 Å². The van der Waals surface area contributed by atoms with Crippen molar-refractivity contribution in [1.82, 2.24) is 24.3 Å². The van der Waals surface area contributed by atoms with E-state index in [4.69, 9.17) is 5.73 Å². The lowest BCUT2D eigenvalue weighted by molar-refractivity contribution is 0.102. The summed E-state index contributed by atoms with van der Waals surface area (Å²) < 4.78 is 3.39. The van der Waals surface area contributed by atoms with Crippen LogP contribution in [0, 0.1) is 0 Å². The Bertz CT molecular complexity index is 1200. The standard InChI is InChI=1S/C18H18N6O3S2/c19-14-13(16(26)20-17(27)23(14)9-3-4-9)11(25)8-29-18-22-21-15(12-2-1-7-28-12)24(18)10-5-6-10/h1-2,7,9-10H,3-6,8,19H2,(H,20,26,27). The average Bonchev–Trinajstić information content (AvgIpc) is 3.60. The Morgan fingerprint density at radius 2 is 1.93 bits per heavy atom. The van der Waals surface area contributed by atoms with Crippen molar-refractivity contribution in [3.63, 3.8) is 0 Å². The summed E-state index contributed by atoms with van der Waals surface area (Å²) in [4.78, 5) is 40.3. The summed E-state index contributed by atoms with van der Waals surface area (Å²) in [7, 11) is 0. The lowest BCUT2D eigenvalue weighted by Gasteiger charge is -2.11. The molecule has 2 fully saturated rings. The van der Waals surface area contributed by atoms with Crippen LogP contribution >= 0.6 is 23.1 Å². The molecule has 0 saturated heterocycles. The number of thioether (sulfide) groups is 1. The number of carbonyl (C=O) groups is 1. The molecule has 0 aromatic carbocycles. The first-order chi connectivity index (χ1) is 14.0. The Hall–Kier alpha value is -2.66. The molecule has 3 aromatic heterocycles. The average molecular weight is 431 g/mol. The summed E-state index contributed by atoms with van der Waals surface area (Å²) in [6, 6.07) is 4.26. The van der Waals surface area contributed by atoms with E-state index in [1.54, 1.807) is 11.3 Å². The third-order valence-electron chi connectivity index (χ3n) is 5.02. The van der Waals surface area contributed by atoms with Crippen molar-refractivity contribution in [1.29, 1.82) is 0 Å². The molecule has 0 unspecified atom stereocenters. The SMILES string of the molecule is Nc1c(C(=O)CSc2nnc(-c3cccs3)n2C2CC2)c(=O)[nH]c(=O)n1C1CC1. The summed E-state index contributed by atoms with van der Waals surface area (Å²) >= 11 is 2.83. The van der Waals surface area contributed by atoms with Crippen molar-refractivity contribution in [2.45, 2.75) is 42.9 Å². The van der Waals surface area contributed by atoms with Crippen molar-refractivity contribution in [3.8, 4) is 10.7 Å². The van der Waals surface area contributed by atoms with Crippen molar-refractivity contribution in [3.05, 3.63) is 43.9 Å². The molecule has 2 saturated carbocycles. The first-order valence-corrected chi connectivity index (χ1v) is 11.2. The van der Waals surface area contributed by atoms with Crippen LogP contribution in [-0.4, -0.2) is 35.9 Å². The quantitative estimate of drug-likeness (QED) is 0.434. The molecule has 3 aromatic rings. The molecular weight excluding hydrogens is 412 g/mol. The highest BCUT2D eigenvalue weighted by atomic mass is 32.2. The number of hydrogen-bond acceptors (Lipinski definition) is 8. The van der Waals surface area contributed by atoms with Gasteiger partial charge in [-0.15, -0.1) is 21.5 Å². The van der Waals surface area contributed by atoms with Gasteiger partial charge in [-0.2, -0.15) is 0 Å². The monoisotopic (exact) mass is 430 g/mol. The third-order valence-corrected chi connectivity index (χ3v) is 6.83. The lowest BCUT2D eigenvalue weighted by Crippen LogP contribution is -2.36. The molecule has 5 rings (SSSR count). The predicted octanol–water partition coefficient (Wildman–Crippen LogP) is 2.08. The van der Waals surface area contributed by atoms with E-state index in [-0.39, 0.29) is 23.2 Å². The number of aromatic amines is 1. The molecule has 2 aliphatic carbocycles. The zero-order chi connectivity index (χ0) is 20.1. The number of rotatable bonds is 7. The van der Waals surface area contributed by atoms with Crippen LogP contribution in [0.5, 0.6) is 0 Å². The van der Waals surface area contributed by atoms with Gasteiger partial charge in [0.2, 0.25) is 0 Å². The normalized spacial score (nSPS) is 16.3. The lowest BCUT2D eigenvalue weighted by atomic mass is 10.2. The number of nitrogens with zero attached hydrogens (tertiary/aromatic N) is 4. The molecule has 3 N–H and O–H groups in total. The summed E-state index contributed by atoms with van der Waals surface area (Å²) in [6.07, 6.45) is 3.73. The summed E-state index contributed by atoms with van der Waals surface area (Å²) in [5.74, 6) is 0.323. The highest BCUT2D eigenvalue weighted by Gasteiger charge is 2.32. The van der Waals surface area contributed by atoms with E-state index in [2.05, 4.69) is 19.7 Å². The fraction of sp³-hybridized carbons (Fsp3) is 0.389. The maximum Gasteiger partial charge on any atom is 0.330 e. The third kappa shape index (κ3) is 3.33. The minimum absolute atomic E-state index is 0.00849. The fourth-order valence-electron chi connectivity index (χ4n) is 3.34. The number of nitrogens with one attached hydrogen (secondary N) is 1. The van der Waals surface area contributed by atoms with Gasteiger partial charge in [0, 0.05) is 12.1 Å². The number of nitrogen functional groups attached to an aromatic ring is 1. The molecule has 0 spiro atoms. The second kappa shape index (κ2) is 6.99. The second-order valence-electron chi connectivity index (χ2n) is 7.22. The molecule has 11 heteroatoms. The number of thiophene rings is 1. The van der Waals surface area contributed by atoms with E-state index < -0.39 is 17.0 Å². The maximum atomic E-state index is 12.8. The van der Waals surface area contributed by atoms with Gasteiger partial charge in [-0.05, 0) is 37.1 Å². The molecule has 9 nitrogen and oxygen atoms in total. The van der Waals surface area contributed by atoms with E-state index in [1.807, 2.05) is 17.5 Å². The minimum atomic E-state index is -0.738. The number of hydrogen-bond donors (Lipinski definition) is 2. The smallest absolute Gasteiger partial charge is 0.330 e. The number of anilines is 1. The second-order valence-corrected chi connectivity index (χ2v) is 9.11. The van der Waals surface area contributed by atoms with Gasteiger partial charge in [-0.1, -0.05) is 17.8 Å². The molecule has 0 bridgehead atoms. The maximum absolute atomic E-state index is 12.8. The predicted molar refractivity (Wildman–Crippen MR) is 111 cm³/mol.